The van der Waals surface area contributed by atoms with Gasteiger partial charge in [0.05, 0.1) is 0 Å². The largest absolute Gasteiger partial charge is 0.368 e. The predicted molar refractivity (Wildman–Crippen MR) is 64.4 cm³/mol. The van der Waals surface area contributed by atoms with E-state index in [-0.39, 0.29) is 17.9 Å². The number of carbonyl (C=O) groups is 2. The molecule has 1 unspecified atom stereocenters. The number of carbonyl (C=O) groups excluding carboxylic acids is 2. The molecule has 0 bridgehead atoms. The summed E-state index contributed by atoms with van der Waals surface area (Å²) in [5, 5.41) is 5.52. The second-order valence-corrected chi connectivity index (χ2v) is 4.74. The van der Waals surface area contributed by atoms with Gasteiger partial charge in [-0.15, -0.1) is 0 Å². The van der Waals surface area contributed by atoms with Crippen molar-refractivity contribution in [2.75, 3.05) is 19.7 Å². The molecule has 1 aliphatic rings. The van der Waals surface area contributed by atoms with Crippen molar-refractivity contribution in [3.8, 4) is 0 Å². The van der Waals surface area contributed by atoms with Crippen LogP contribution in [0, 0.1) is 5.92 Å². The molecule has 0 spiro atoms. The van der Waals surface area contributed by atoms with E-state index in [1.807, 2.05) is 13.8 Å². The van der Waals surface area contributed by atoms with Gasteiger partial charge in [0.1, 0.15) is 6.10 Å². The molecule has 0 saturated carbocycles. The maximum Gasteiger partial charge on any atom is 0.249 e. The molecular formula is C12H22N2O3. The number of amides is 2. The minimum atomic E-state index is -0.290. The molecule has 98 valence electrons. The first-order valence-corrected chi connectivity index (χ1v) is 6.25. The Labute approximate surface area is 102 Å². The molecule has 0 aromatic carbocycles. The van der Waals surface area contributed by atoms with Crippen molar-refractivity contribution in [2.24, 2.45) is 5.92 Å². The van der Waals surface area contributed by atoms with E-state index in [0.717, 1.165) is 12.8 Å². The van der Waals surface area contributed by atoms with Crippen molar-refractivity contribution in [2.45, 2.75) is 39.2 Å². The summed E-state index contributed by atoms with van der Waals surface area (Å²) in [6, 6.07) is 0. The summed E-state index contributed by atoms with van der Waals surface area (Å²) in [7, 11) is 0. The lowest BCUT2D eigenvalue weighted by molar-refractivity contribution is -0.130. The van der Waals surface area contributed by atoms with Crippen LogP contribution in [0.25, 0.3) is 0 Å². The van der Waals surface area contributed by atoms with E-state index in [1.54, 1.807) is 0 Å². The van der Waals surface area contributed by atoms with E-state index >= 15 is 0 Å². The number of hydrogen-bond acceptors (Lipinski definition) is 3. The topological polar surface area (TPSA) is 67.4 Å². The molecular weight excluding hydrogens is 220 g/mol. The number of nitrogens with one attached hydrogen (secondary N) is 2. The lowest BCUT2D eigenvalue weighted by atomic mass is 10.1. The summed E-state index contributed by atoms with van der Waals surface area (Å²) in [6.45, 7) is 5.60. The van der Waals surface area contributed by atoms with Crippen LogP contribution >= 0.6 is 0 Å². The van der Waals surface area contributed by atoms with Gasteiger partial charge in [0.25, 0.3) is 0 Å². The molecule has 1 aliphatic heterocycles. The molecule has 17 heavy (non-hydrogen) atoms. The number of hydrogen-bond donors (Lipinski definition) is 2. The quantitative estimate of drug-likeness (QED) is 0.664. The third kappa shape index (κ3) is 5.68. The Morgan fingerprint density at radius 1 is 1.29 bits per heavy atom. The van der Waals surface area contributed by atoms with Gasteiger partial charge < -0.3 is 15.4 Å². The molecule has 0 radical (unpaired) electrons. The van der Waals surface area contributed by atoms with Gasteiger partial charge >= 0.3 is 0 Å². The van der Waals surface area contributed by atoms with E-state index in [4.69, 9.17) is 4.74 Å². The van der Waals surface area contributed by atoms with Crippen LogP contribution in [-0.2, 0) is 14.3 Å². The van der Waals surface area contributed by atoms with Crippen LogP contribution in [0.4, 0.5) is 0 Å². The summed E-state index contributed by atoms with van der Waals surface area (Å²) in [5.74, 6) is 0.323. The first-order valence-electron chi connectivity index (χ1n) is 6.25. The minimum Gasteiger partial charge on any atom is -0.368 e. The fourth-order valence-electron chi connectivity index (χ4n) is 1.73. The molecule has 1 rings (SSSR count). The van der Waals surface area contributed by atoms with Gasteiger partial charge in [0.2, 0.25) is 11.8 Å². The average Bonchev–Trinajstić information content (AvgIpc) is 2.76. The van der Waals surface area contributed by atoms with E-state index < -0.39 is 0 Å². The average molecular weight is 242 g/mol. The third-order valence-electron chi connectivity index (χ3n) is 2.56. The minimum absolute atomic E-state index is 0.0337. The first-order chi connectivity index (χ1) is 8.09. The Balaban J connectivity index is 2.03. The maximum absolute atomic E-state index is 11.5. The zero-order chi connectivity index (χ0) is 12.7. The van der Waals surface area contributed by atoms with E-state index in [1.165, 1.54) is 0 Å². The second kappa shape index (κ2) is 7.27. The number of ether oxygens (including phenoxy) is 1. The van der Waals surface area contributed by atoms with Gasteiger partial charge in [-0.1, -0.05) is 13.8 Å². The zero-order valence-corrected chi connectivity index (χ0v) is 10.6. The normalized spacial score (nSPS) is 19.4. The van der Waals surface area contributed by atoms with Crippen molar-refractivity contribution >= 4 is 11.8 Å². The highest BCUT2D eigenvalue weighted by Gasteiger charge is 2.22. The van der Waals surface area contributed by atoms with Crippen molar-refractivity contribution in [1.82, 2.24) is 10.6 Å². The van der Waals surface area contributed by atoms with Crippen LogP contribution in [0.5, 0.6) is 0 Å². The third-order valence-corrected chi connectivity index (χ3v) is 2.56. The smallest absolute Gasteiger partial charge is 0.249 e. The molecule has 1 saturated heterocycles. The lowest BCUT2D eigenvalue weighted by Gasteiger charge is -2.11. The first kappa shape index (κ1) is 14.0. The molecule has 0 aromatic rings. The zero-order valence-electron chi connectivity index (χ0n) is 10.6. The van der Waals surface area contributed by atoms with E-state index in [9.17, 15) is 9.59 Å². The van der Waals surface area contributed by atoms with Crippen molar-refractivity contribution in [1.29, 1.82) is 0 Å². The Bertz CT molecular complexity index is 260. The molecule has 0 aliphatic carbocycles. The summed E-state index contributed by atoms with van der Waals surface area (Å²) in [6.07, 6.45) is 1.98. The highest BCUT2D eigenvalue weighted by molar-refractivity contribution is 5.81. The van der Waals surface area contributed by atoms with Gasteiger partial charge in [-0.05, 0) is 18.8 Å². The van der Waals surface area contributed by atoms with Crippen LogP contribution in [0.15, 0.2) is 0 Å². The van der Waals surface area contributed by atoms with Crippen LogP contribution in [-0.4, -0.2) is 37.6 Å². The van der Waals surface area contributed by atoms with Crippen LogP contribution in [0.3, 0.4) is 0 Å². The Hall–Kier alpha value is -1.10. The monoisotopic (exact) mass is 242 g/mol. The van der Waals surface area contributed by atoms with Gasteiger partial charge in [-0.25, -0.2) is 0 Å². The molecule has 5 heteroatoms. The SMILES string of the molecule is CC(C)CC(=O)NCCNC(=O)C1CCCO1. The predicted octanol–water partition coefficient (Wildman–Crippen LogP) is 0.444. The maximum atomic E-state index is 11.5. The Morgan fingerprint density at radius 3 is 2.59 bits per heavy atom. The molecule has 5 nitrogen and oxygen atoms in total. The van der Waals surface area contributed by atoms with Crippen molar-refractivity contribution in [3.63, 3.8) is 0 Å². The van der Waals surface area contributed by atoms with E-state index in [2.05, 4.69) is 10.6 Å². The molecule has 1 atom stereocenters. The molecule has 1 heterocycles. The molecule has 0 aromatic heterocycles. The molecule has 2 amide bonds. The Kier molecular flexibility index (Phi) is 5.97. The van der Waals surface area contributed by atoms with Crippen LogP contribution < -0.4 is 10.6 Å². The Morgan fingerprint density at radius 2 is 2.00 bits per heavy atom. The van der Waals surface area contributed by atoms with Gasteiger partial charge in [-0.2, -0.15) is 0 Å². The fraction of sp³-hybridized carbons (Fsp3) is 0.833. The molecule has 2 N–H and O–H groups in total. The highest BCUT2D eigenvalue weighted by atomic mass is 16.5. The highest BCUT2D eigenvalue weighted by Crippen LogP contribution is 2.11. The van der Waals surface area contributed by atoms with E-state index in [0.29, 0.717) is 32.0 Å². The summed E-state index contributed by atoms with van der Waals surface area (Å²) < 4.78 is 5.25. The van der Waals surface area contributed by atoms with Crippen molar-refractivity contribution < 1.29 is 14.3 Å². The summed E-state index contributed by atoms with van der Waals surface area (Å²) in [5.41, 5.74) is 0. The summed E-state index contributed by atoms with van der Waals surface area (Å²) in [4.78, 5) is 22.8. The fourth-order valence-corrected chi connectivity index (χ4v) is 1.73. The molecule has 1 fully saturated rings. The standard InChI is InChI=1S/C12H22N2O3/c1-9(2)8-11(15)13-5-6-14-12(16)10-4-3-7-17-10/h9-10H,3-8H2,1-2H3,(H,13,15)(H,14,16). The van der Waals surface area contributed by atoms with Crippen molar-refractivity contribution in [3.05, 3.63) is 0 Å². The summed E-state index contributed by atoms with van der Waals surface area (Å²) >= 11 is 0. The van der Waals surface area contributed by atoms with Gasteiger partial charge in [0, 0.05) is 26.1 Å². The van der Waals surface area contributed by atoms with Crippen LogP contribution in [0.2, 0.25) is 0 Å². The number of rotatable bonds is 6. The van der Waals surface area contributed by atoms with Gasteiger partial charge in [0.15, 0.2) is 0 Å². The second-order valence-electron chi connectivity index (χ2n) is 4.74. The lowest BCUT2D eigenvalue weighted by Crippen LogP contribution is -2.39. The van der Waals surface area contributed by atoms with Crippen LogP contribution in [0.1, 0.15) is 33.1 Å². The van der Waals surface area contributed by atoms with Gasteiger partial charge in [-0.3, -0.25) is 9.59 Å².